The van der Waals surface area contributed by atoms with Gasteiger partial charge in [-0.3, -0.25) is 0 Å². The lowest BCUT2D eigenvalue weighted by molar-refractivity contribution is 0.411. The van der Waals surface area contributed by atoms with Crippen LogP contribution in [0.1, 0.15) is 72.1 Å². The van der Waals surface area contributed by atoms with Crippen molar-refractivity contribution in [1.82, 2.24) is 0 Å². The van der Waals surface area contributed by atoms with Crippen LogP contribution in [-0.4, -0.2) is 0 Å². The molecule has 0 heterocycles. The second-order valence-electron chi connectivity index (χ2n) is 5.13. The largest absolute Gasteiger partial charge is 0.0628 e. The molecule has 0 nitrogen and oxygen atoms in total. The minimum atomic E-state index is 0.878. The van der Waals surface area contributed by atoms with E-state index in [0.29, 0.717) is 0 Å². The fraction of sp³-hybridized carbons (Fsp3) is 0.929. The maximum atomic E-state index is 3.87. The van der Waals surface area contributed by atoms with Crippen LogP contribution in [0.15, 0.2) is 0 Å². The molecule has 0 spiro atoms. The lowest BCUT2D eigenvalue weighted by Crippen LogP contribution is -1.97. The van der Waals surface area contributed by atoms with Gasteiger partial charge >= 0.3 is 0 Å². The monoisotopic (exact) mass is 197 g/mol. The highest BCUT2D eigenvalue weighted by atomic mass is 14.1. The first-order valence-electron chi connectivity index (χ1n) is 6.46. The van der Waals surface area contributed by atoms with E-state index in [1.165, 1.54) is 44.9 Å². The summed E-state index contributed by atoms with van der Waals surface area (Å²) in [5.41, 5.74) is 0. The highest BCUT2D eigenvalue weighted by Gasteiger charge is 2.03. The fourth-order valence-electron chi connectivity index (χ4n) is 1.79. The summed E-state index contributed by atoms with van der Waals surface area (Å²) in [5.74, 6) is 1.82. The molecule has 0 rings (SSSR count). The van der Waals surface area contributed by atoms with E-state index in [0.717, 1.165) is 18.3 Å². The van der Waals surface area contributed by atoms with Gasteiger partial charge in [0.2, 0.25) is 0 Å². The smallest absolute Gasteiger partial charge is 0.0443 e. The second-order valence-corrected chi connectivity index (χ2v) is 5.13. The van der Waals surface area contributed by atoms with Crippen LogP contribution in [0.4, 0.5) is 0 Å². The zero-order chi connectivity index (χ0) is 10.8. The third-order valence-corrected chi connectivity index (χ3v) is 2.93. The van der Waals surface area contributed by atoms with Crippen LogP contribution in [0.2, 0.25) is 0 Å². The van der Waals surface area contributed by atoms with Crippen molar-refractivity contribution < 1.29 is 0 Å². The van der Waals surface area contributed by atoms with Gasteiger partial charge in [-0.1, -0.05) is 79.1 Å². The Morgan fingerprint density at radius 2 is 1.43 bits per heavy atom. The molecule has 0 aromatic carbocycles. The maximum absolute atomic E-state index is 3.87. The lowest BCUT2D eigenvalue weighted by atomic mass is 9.94. The van der Waals surface area contributed by atoms with Gasteiger partial charge in [0, 0.05) is 0 Å². The first kappa shape index (κ1) is 14.0. The summed E-state index contributed by atoms with van der Waals surface area (Å²) in [6.45, 7) is 10.9. The maximum Gasteiger partial charge on any atom is -0.0443 e. The van der Waals surface area contributed by atoms with Crippen LogP contribution < -0.4 is 0 Å². The molecular weight excluding hydrogens is 168 g/mol. The van der Waals surface area contributed by atoms with Crippen LogP contribution in [0.25, 0.3) is 0 Å². The highest BCUT2D eigenvalue weighted by Crippen LogP contribution is 2.18. The zero-order valence-electron chi connectivity index (χ0n) is 10.5. The van der Waals surface area contributed by atoms with Crippen molar-refractivity contribution in [2.45, 2.75) is 72.1 Å². The molecule has 0 aromatic heterocycles. The predicted molar refractivity (Wildman–Crippen MR) is 66.3 cm³/mol. The van der Waals surface area contributed by atoms with E-state index in [-0.39, 0.29) is 0 Å². The quantitative estimate of drug-likeness (QED) is 0.444. The topological polar surface area (TPSA) is 0 Å². The SMILES string of the molecule is [CH2]CCCCCCC(C)CCC(C)C. The van der Waals surface area contributed by atoms with E-state index in [1.54, 1.807) is 0 Å². The van der Waals surface area contributed by atoms with Crippen molar-refractivity contribution in [2.24, 2.45) is 11.8 Å². The second kappa shape index (κ2) is 9.55. The van der Waals surface area contributed by atoms with Gasteiger partial charge in [-0.25, -0.2) is 0 Å². The first-order valence-corrected chi connectivity index (χ1v) is 6.46. The van der Waals surface area contributed by atoms with Gasteiger partial charge in [0.1, 0.15) is 0 Å². The Labute approximate surface area is 91.5 Å². The molecule has 0 amide bonds. The lowest BCUT2D eigenvalue weighted by Gasteiger charge is -2.12. The van der Waals surface area contributed by atoms with Crippen LogP contribution in [0, 0.1) is 18.8 Å². The van der Waals surface area contributed by atoms with Crippen molar-refractivity contribution >= 4 is 0 Å². The number of unbranched alkanes of at least 4 members (excludes halogenated alkanes) is 4. The molecule has 14 heavy (non-hydrogen) atoms. The molecule has 1 unspecified atom stereocenters. The minimum absolute atomic E-state index is 0.878. The summed E-state index contributed by atoms with van der Waals surface area (Å²) in [6.07, 6.45) is 10.9. The Kier molecular flexibility index (Phi) is 9.55. The van der Waals surface area contributed by atoms with Gasteiger partial charge in [0.25, 0.3) is 0 Å². The summed E-state index contributed by atoms with van der Waals surface area (Å²) in [4.78, 5) is 0. The minimum Gasteiger partial charge on any atom is -0.0628 e. The van der Waals surface area contributed by atoms with E-state index >= 15 is 0 Å². The molecule has 0 bridgehead atoms. The molecule has 0 aliphatic rings. The van der Waals surface area contributed by atoms with Crippen molar-refractivity contribution in [2.75, 3.05) is 0 Å². The predicted octanol–water partition coefficient (Wildman–Crippen LogP) is 5.23. The molecular formula is C14H29. The first-order chi connectivity index (χ1) is 6.66. The summed E-state index contributed by atoms with van der Waals surface area (Å²) >= 11 is 0. The number of hydrogen-bond donors (Lipinski definition) is 0. The third kappa shape index (κ3) is 10.1. The van der Waals surface area contributed by atoms with Gasteiger partial charge < -0.3 is 0 Å². The molecule has 0 N–H and O–H groups in total. The molecule has 0 aromatic rings. The van der Waals surface area contributed by atoms with Gasteiger partial charge in [-0.15, -0.1) is 0 Å². The average Bonchev–Trinajstić information content (AvgIpc) is 2.14. The van der Waals surface area contributed by atoms with Gasteiger partial charge in [0.05, 0.1) is 0 Å². The van der Waals surface area contributed by atoms with Crippen molar-refractivity contribution in [3.8, 4) is 0 Å². The molecule has 0 saturated heterocycles. The molecule has 1 atom stereocenters. The summed E-state index contributed by atoms with van der Waals surface area (Å²) in [7, 11) is 0. The van der Waals surface area contributed by atoms with Gasteiger partial charge in [-0.05, 0) is 11.8 Å². The van der Waals surface area contributed by atoms with Crippen molar-refractivity contribution in [1.29, 1.82) is 0 Å². The molecule has 1 radical (unpaired) electrons. The van der Waals surface area contributed by atoms with Gasteiger partial charge in [0.15, 0.2) is 0 Å². The van der Waals surface area contributed by atoms with Crippen LogP contribution >= 0.6 is 0 Å². The number of hydrogen-bond acceptors (Lipinski definition) is 0. The Bertz CT molecular complexity index is 105. The molecule has 0 aliphatic heterocycles. The zero-order valence-corrected chi connectivity index (χ0v) is 10.5. The van der Waals surface area contributed by atoms with Crippen LogP contribution in [0.3, 0.4) is 0 Å². The Morgan fingerprint density at radius 1 is 0.786 bits per heavy atom. The standard InChI is InChI=1S/C14H29/c1-5-6-7-8-9-10-14(4)12-11-13(2)3/h13-14H,1,5-12H2,2-4H3. The van der Waals surface area contributed by atoms with Crippen LogP contribution in [0.5, 0.6) is 0 Å². The third-order valence-electron chi connectivity index (χ3n) is 2.93. The van der Waals surface area contributed by atoms with Crippen molar-refractivity contribution in [3.63, 3.8) is 0 Å². The molecule has 0 heteroatoms. The van der Waals surface area contributed by atoms with Crippen molar-refractivity contribution in [3.05, 3.63) is 6.92 Å². The fourth-order valence-corrected chi connectivity index (χ4v) is 1.79. The van der Waals surface area contributed by atoms with Crippen LogP contribution in [-0.2, 0) is 0 Å². The summed E-state index contributed by atoms with van der Waals surface area (Å²) in [6, 6.07) is 0. The molecule has 85 valence electrons. The van der Waals surface area contributed by atoms with E-state index in [9.17, 15) is 0 Å². The Balaban J connectivity index is 3.14. The van der Waals surface area contributed by atoms with E-state index in [2.05, 4.69) is 27.7 Å². The number of rotatable bonds is 9. The van der Waals surface area contributed by atoms with E-state index < -0.39 is 0 Å². The molecule has 0 aliphatic carbocycles. The van der Waals surface area contributed by atoms with E-state index in [1.807, 2.05) is 0 Å². The average molecular weight is 197 g/mol. The molecule has 0 saturated carbocycles. The van der Waals surface area contributed by atoms with Gasteiger partial charge in [-0.2, -0.15) is 0 Å². The Hall–Kier alpha value is 0. The van der Waals surface area contributed by atoms with E-state index in [4.69, 9.17) is 0 Å². The summed E-state index contributed by atoms with van der Waals surface area (Å²) in [5, 5.41) is 0. The highest BCUT2D eigenvalue weighted by molar-refractivity contribution is 4.56. The Morgan fingerprint density at radius 3 is 2.00 bits per heavy atom. The summed E-state index contributed by atoms with van der Waals surface area (Å²) < 4.78 is 0. The molecule has 0 fully saturated rings. The normalized spacial score (nSPS) is 13.5.